The molecule has 0 aliphatic heterocycles. The zero-order chi connectivity index (χ0) is 14.8. The van der Waals surface area contributed by atoms with Gasteiger partial charge in [-0.3, -0.25) is 10.1 Å². The van der Waals surface area contributed by atoms with Gasteiger partial charge in [-0.05, 0) is 0 Å². The summed E-state index contributed by atoms with van der Waals surface area (Å²) in [4.78, 5) is 11.8. The minimum Gasteiger partial charge on any atom is -0.312 e. The molecule has 2 rings (SSSR count). The van der Waals surface area contributed by atoms with Gasteiger partial charge in [-0.15, -0.1) is 20.4 Å². The van der Waals surface area contributed by atoms with E-state index in [4.69, 9.17) is 0 Å². The number of aromatic nitrogens is 5. The maximum atomic E-state index is 11.8. The normalized spacial score (nSPS) is 11.6. The second-order valence-corrected chi connectivity index (χ2v) is 7.14. The summed E-state index contributed by atoms with van der Waals surface area (Å²) in [5.41, 5.74) is -0.0615. The summed E-state index contributed by atoms with van der Waals surface area (Å²) in [5, 5.41) is 20.6. The number of anilines is 1. The molecular weight excluding hydrogens is 296 g/mol. The molecule has 0 atom stereocenters. The van der Waals surface area contributed by atoms with Crippen LogP contribution in [0.3, 0.4) is 0 Å². The van der Waals surface area contributed by atoms with Crippen LogP contribution in [0.2, 0.25) is 0 Å². The third-order valence-electron chi connectivity index (χ3n) is 2.32. The summed E-state index contributed by atoms with van der Waals surface area (Å²) in [5.74, 6) is 0.131. The van der Waals surface area contributed by atoms with E-state index in [9.17, 15) is 4.79 Å². The molecule has 0 saturated heterocycles. The molecular formula is C11H16N6OS2. The maximum Gasteiger partial charge on any atom is 0.236 e. The van der Waals surface area contributed by atoms with Gasteiger partial charge in [0, 0.05) is 12.5 Å². The molecule has 0 radical (unpaired) electrons. The fourth-order valence-corrected chi connectivity index (χ4v) is 2.77. The van der Waals surface area contributed by atoms with Crippen molar-refractivity contribution in [1.29, 1.82) is 0 Å². The molecule has 20 heavy (non-hydrogen) atoms. The largest absolute Gasteiger partial charge is 0.312 e. The lowest BCUT2D eigenvalue weighted by atomic mass is 9.98. The first-order valence-electron chi connectivity index (χ1n) is 5.97. The van der Waals surface area contributed by atoms with E-state index in [1.807, 2.05) is 7.05 Å². The van der Waals surface area contributed by atoms with E-state index in [1.54, 1.807) is 10.9 Å². The zero-order valence-electron chi connectivity index (χ0n) is 11.7. The van der Waals surface area contributed by atoms with Crippen molar-refractivity contribution in [1.82, 2.24) is 25.0 Å². The highest BCUT2D eigenvalue weighted by atomic mass is 32.2. The van der Waals surface area contributed by atoms with E-state index in [0.717, 1.165) is 5.01 Å². The van der Waals surface area contributed by atoms with Crippen molar-refractivity contribution in [3.05, 3.63) is 11.3 Å². The predicted octanol–water partition coefficient (Wildman–Crippen LogP) is 1.69. The van der Waals surface area contributed by atoms with Gasteiger partial charge < -0.3 is 4.57 Å². The number of rotatable bonds is 4. The smallest absolute Gasteiger partial charge is 0.236 e. The zero-order valence-corrected chi connectivity index (χ0v) is 13.4. The lowest BCUT2D eigenvalue weighted by Crippen LogP contribution is -2.14. The van der Waals surface area contributed by atoms with Crippen molar-refractivity contribution in [2.24, 2.45) is 7.05 Å². The monoisotopic (exact) mass is 312 g/mol. The number of carbonyl (C=O) groups excluding carboxylic acids is 1. The van der Waals surface area contributed by atoms with Crippen LogP contribution in [-0.2, 0) is 17.3 Å². The number of hydrogen-bond acceptors (Lipinski definition) is 7. The standard InChI is InChI=1S/C11H16N6OS2/c1-11(2,3)8-14-15-9(20-8)13-7(18)5-19-10-16-12-6-17(10)4/h6H,5H2,1-4H3,(H,13,15,18). The highest BCUT2D eigenvalue weighted by Crippen LogP contribution is 2.27. The first kappa shape index (κ1) is 14.9. The van der Waals surface area contributed by atoms with Crippen LogP contribution in [0.5, 0.6) is 0 Å². The Hall–Kier alpha value is -1.48. The van der Waals surface area contributed by atoms with Crippen LogP contribution in [0, 0.1) is 0 Å². The van der Waals surface area contributed by atoms with Crippen molar-refractivity contribution in [3.8, 4) is 0 Å². The summed E-state index contributed by atoms with van der Waals surface area (Å²) in [6.07, 6.45) is 1.60. The van der Waals surface area contributed by atoms with Crippen LogP contribution in [0.4, 0.5) is 5.13 Å². The summed E-state index contributed by atoms with van der Waals surface area (Å²) in [7, 11) is 1.83. The van der Waals surface area contributed by atoms with E-state index in [1.165, 1.54) is 23.1 Å². The molecule has 7 nitrogen and oxygen atoms in total. The number of amides is 1. The molecule has 1 N–H and O–H groups in total. The van der Waals surface area contributed by atoms with Gasteiger partial charge in [-0.1, -0.05) is 43.9 Å². The first-order valence-corrected chi connectivity index (χ1v) is 7.77. The van der Waals surface area contributed by atoms with E-state index < -0.39 is 0 Å². The Morgan fingerprint density at radius 2 is 2.15 bits per heavy atom. The van der Waals surface area contributed by atoms with Crippen molar-refractivity contribution < 1.29 is 4.79 Å². The quantitative estimate of drug-likeness (QED) is 0.865. The molecule has 0 saturated carbocycles. The van der Waals surface area contributed by atoms with Gasteiger partial charge in [0.05, 0.1) is 5.75 Å². The Morgan fingerprint density at radius 1 is 1.40 bits per heavy atom. The topological polar surface area (TPSA) is 85.6 Å². The van der Waals surface area contributed by atoms with Gasteiger partial charge in [0.2, 0.25) is 11.0 Å². The van der Waals surface area contributed by atoms with Crippen LogP contribution in [-0.4, -0.2) is 36.6 Å². The van der Waals surface area contributed by atoms with Gasteiger partial charge in [0.15, 0.2) is 5.16 Å². The van der Waals surface area contributed by atoms with Gasteiger partial charge in [0.25, 0.3) is 0 Å². The van der Waals surface area contributed by atoms with E-state index >= 15 is 0 Å². The Kier molecular flexibility index (Phi) is 4.39. The number of aryl methyl sites for hydroxylation is 1. The molecule has 108 valence electrons. The van der Waals surface area contributed by atoms with Crippen LogP contribution in [0.15, 0.2) is 11.5 Å². The van der Waals surface area contributed by atoms with Gasteiger partial charge in [-0.2, -0.15) is 0 Å². The minimum absolute atomic E-state index is 0.0615. The Balaban J connectivity index is 1.89. The Labute approximate surface area is 125 Å². The van der Waals surface area contributed by atoms with Crippen molar-refractivity contribution >= 4 is 34.1 Å². The molecule has 2 heterocycles. The van der Waals surface area contributed by atoms with Gasteiger partial charge in [-0.25, -0.2) is 0 Å². The molecule has 1 amide bonds. The fraction of sp³-hybridized carbons (Fsp3) is 0.545. The van der Waals surface area contributed by atoms with Crippen LogP contribution >= 0.6 is 23.1 Å². The predicted molar refractivity (Wildman–Crippen MR) is 79.0 cm³/mol. The Bertz CT molecular complexity index is 600. The van der Waals surface area contributed by atoms with Crippen molar-refractivity contribution in [3.63, 3.8) is 0 Å². The SMILES string of the molecule is Cn1cnnc1SCC(=O)Nc1nnc(C(C)(C)C)s1. The minimum atomic E-state index is -0.130. The molecule has 0 aliphatic rings. The highest BCUT2D eigenvalue weighted by molar-refractivity contribution is 7.99. The summed E-state index contributed by atoms with van der Waals surface area (Å²) in [6.45, 7) is 6.18. The number of thioether (sulfide) groups is 1. The first-order chi connectivity index (χ1) is 9.36. The molecule has 0 bridgehead atoms. The van der Waals surface area contributed by atoms with Crippen molar-refractivity contribution in [2.75, 3.05) is 11.1 Å². The number of nitrogens with one attached hydrogen (secondary N) is 1. The molecule has 0 fully saturated rings. The van der Waals surface area contributed by atoms with Gasteiger partial charge >= 0.3 is 0 Å². The lowest BCUT2D eigenvalue weighted by molar-refractivity contribution is -0.113. The van der Waals surface area contributed by atoms with Gasteiger partial charge in [0.1, 0.15) is 11.3 Å². The highest BCUT2D eigenvalue weighted by Gasteiger charge is 2.20. The maximum absolute atomic E-state index is 11.8. The van der Waals surface area contributed by atoms with Crippen LogP contribution in [0.1, 0.15) is 25.8 Å². The summed E-state index contributed by atoms with van der Waals surface area (Å²) < 4.78 is 1.76. The molecule has 0 aromatic carbocycles. The van der Waals surface area contributed by atoms with Crippen LogP contribution < -0.4 is 5.32 Å². The number of nitrogens with zero attached hydrogens (tertiary/aromatic N) is 5. The summed E-state index contributed by atoms with van der Waals surface area (Å²) in [6, 6.07) is 0. The molecule has 0 aliphatic carbocycles. The molecule has 0 unspecified atom stereocenters. The molecule has 2 aromatic heterocycles. The van der Waals surface area contributed by atoms with E-state index in [-0.39, 0.29) is 17.1 Å². The van der Waals surface area contributed by atoms with Crippen LogP contribution in [0.25, 0.3) is 0 Å². The molecule has 9 heteroatoms. The average molecular weight is 312 g/mol. The second-order valence-electron chi connectivity index (χ2n) is 5.22. The number of hydrogen-bond donors (Lipinski definition) is 1. The third-order valence-corrected chi connectivity index (χ3v) is 4.61. The fourth-order valence-electron chi connectivity index (χ4n) is 1.27. The molecule has 2 aromatic rings. The average Bonchev–Trinajstić information content (AvgIpc) is 2.95. The van der Waals surface area contributed by atoms with Crippen molar-refractivity contribution in [2.45, 2.75) is 31.3 Å². The second kappa shape index (κ2) is 5.88. The Morgan fingerprint density at radius 3 is 2.70 bits per heavy atom. The summed E-state index contributed by atoms with van der Waals surface area (Å²) >= 11 is 2.73. The lowest BCUT2D eigenvalue weighted by Gasteiger charge is -2.12. The van der Waals surface area contributed by atoms with E-state index in [2.05, 4.69) is 46.5 Å². The number of carbonyl (C=O) groups is 1. The van der Waals surface area contributed by atoms with E-state index in [0.29, 0.717) is 10.3 Å². The third kappa shape index (κ3) is 3.76. The molecule has 0 spiro atoms.